The summed E-state index contributed by atoms with van der Waals surface area (Å²) in [5.74, 6) is -1.90. The molecule has 5 nitrogen and oxygen atoms in total. The van der Waals surface area contributed by atoms with Crippen LogP contribution in [0.5, 0.6) is 0 Å². The van der Waals surface area contributed by atoms with Crippen molar-refractivity contribution in [1.29, 1.82) is 0 Å². The number of ketones is 1. The fourth-order valence-corrected chi connectivity index (χ4v) is 5.20. The van der Waals surface area contributed by atoms with Crippen LogP contribution in [0.15, 0.2) is 33.8 Å². The summed E-state index contributed by atoms with van der Waals surface area (Å²) in [6.45, 7) is 1.47. The Morgan fingerprint density at radius 1 is 1.43 bits per heavy atom. The van der Waals surface area contributed by atoms with Crippen molar-refractivity contribution in [2.75, 3.05) is 5.75 Å². The van der Waals surface area contributed by atoms with Gasteiger partial charge in [0.05, 0.1) is 5.60 Å². The van der Waals surface area contributed by atoms with E-state index in [1.54, 1.807) is 6.08 Å². The molecule has 2 rings (SSSR count). The van der Waals surface area contributed by atoms with Crippen LogP contribution in [0.25, 0.3) is 0 Å². The zero-order valence-corrected chi connectivity index (χ0v) is 18.1. The lowest BCUT2D eigenvalue weighted by molar-refractivity contribution is -0.121. The number of carboxylic acids is 1. The van der Waals surface area contributed by atoms with Gasteiger partial charge in [0.15, 0.2) is 15.9 Å². The molecule has 2 N–H and O–H groups in total. The summed E-state index contributed by atoms with van der Waals surface area (Å²) in [7, 11) is 0. The van der Waals surface area contributed by atoms with Crippen molar-refractivity contribution < 1.29 is 33.0 Å². The molecule has 1 aliphatic carbocycles. The van der Waals surface area contributed by atoms with Crippen LogP contribution in [-0.2, 0) is 4.79 Å². The maximum absolute atomic E-state index is 12.9. The maximum atomic E-state index is 12.9. The molecule has 0 saturated heterocycles. The van der Waals surface area contributed by atoms with Crippen molar-refractivity contribution in [2.24, 2.45) is 11.8 Å². The second-order valence-corrected chi connectivity index (χ2v) is 9.71. The Bertz CT molecular complexity index is 819. The minimum atomic E-state index is -2.36. The Hall–Kier alpha value is -1.65. The number of thioether (sulfide) groups is 1. The van der Waals surface area contributed by atoms with E-state index in [-0.39, 0.29) is 36.2 Å². The van der Waals surface area contributed by atoms with Gasteiger partial charge >= 0.3 is 12.0 Å². The van der Waals surface area contributed by atoms with Crippen molar-refractivity contribution in [3.8, 4) is 0 Å². The number of nitrogens with zero attached hydrogens (tertiary/aromatic N) is 1. The quantitative estimate of drug-likeness (QED) is 0.334. The normalized spacial score (nSPS) is 21.2. The predicted molar refractivity (Wildman–Crippen MR) is 110 cm³/mol. The number of aromatic nitrogens is 1. The number of rotatable bonds is 11. The van der Waals surface area contributed by atoms with Crippen molar-refractivity contribution in [2.45, 2.75) is 55.4 Å². The number of aliphatic hydroxyl groups is 1. The number of hydrogen-bond acceptors (Lipinski definition) is 6. The first-order valence-corrected chi connectivity index (χ1v) is 11.4. The van der Waals surface area contributed by atoms with Crippen molar-refractivity contribution >= 4 is 34.9 Å². The fourth-order valence-electron chi connectivity index (χ4n) is 3.31. The highest BCUT2D eigenvalue weighted by Gasteiger charge is 2.32. The Kier molecular flexibility index (Phi) is 9.11. The minimum absolute atomic E-state index is 0.0110. The minimum Gasteiger partial charge on any atom is -0.476 e. The highest BCUT2D eigenvalue weighted by Crippen LogP contribution is 2.35. The summed E-state index contributed by atoms with van der Waals surface area (Å²) < 4.78 is 37.8. The molecule has 1 aromatic rings. The van der Waals surface area contributed by atoms with Crippen LogP contribution in [0, 0.1) is 11.8 Å². The first-order chi connectivity index (χ1) is 14.1. The number of allylic oxidation sites excluding steroid dienone is 2. The first-order valence-electron chi connectivity index (χ1n) is 9.52. The summed E-state index contributed by atoms with van der Waals surface area (Å²) in [6.07, 6.45) is 2.59. The molecule has 1 aromatic heterocycles. The van der Waals surface area contributed by atoms with Crippen LogP contribution in [0.4, 0.5) is 13.2 Å². The number of carboxylic acid groups (broad SMARTS) is 1. The maximum Gasteiger partial charge on any atom is 0.355 e. The van der Waals surface area contributed by atoms with E-state index in [0.29, 0.717) is 29.4 Å². The number of carbonyl (C=O) groups excluding carboxylic acids is 1. The highest BCUT2D eigenvalue weighted by atomic mass is 32.2. The zero-order chi connectivity index (χ0) is 22.3. The molecule has 1 fully saturated rings. The number of hydrogen-bond donors (Lipinski definition) is 2. The molecule has 3 atom stereocenters. The Labute approximate surface area is 181 Å². The van der Waals surface area contributed by atoms with E-state index in [0.717, 1.165) is 0 Å². The number of Topliss-reactive ketones (excluding diaryl/α,β-unsaturated/α-hetero) is 1. The fraction of sp³-hybridized carbons (Fsp3) is 0.550. The molecule has 0 aliphatic heterocycles. The van der Waals surface area contributed by atoms with Gasteiger partial charge in [0.1, 0.15) is 5.78 Å². The molecule has 0 bridgehead atoms. The third-order valence-corrected chi connectivity index (χ3v) is 7.09. The Balaban J connectivity index is 1.83. The van der Waals surface area contributed by atoms with Crippen molar-refractivity contribution in [3.05, 3.63) is 35.1 Å². The topological polar surface area (TPSA) is 87.5 Å². The Morgan fingerprint density at radius 3 is 2.80 bits per heavy atom. The molecular weight excluding hydrogens is 439 g/mol. The summed E-state index contributed by atoms with van der Waals surface area (Å²) in [6, 6.07) is 0. The van der Waals surface area contributed by atoms with Gasteiger partial charge in [-0.05, 0) is 38.5 Å². The molecule has 1 heterocycles. The Morgan fingerprint density at radius 2 is 2.17 bits per heavy atom. The van der Waals surface area contributed by atoms with E-state index in [4.69, 9.17) is 5.11 Å². The molecule has 30 heavy (non-hydrogen) atoms. The molecule has 0 unspecified atom stereocenters. The number of halogens is 3. The van der Waals surface area contributed by atoms with Crippen molar-refractivity contribution in [3.63, 3.8) is 0 Å². The van der Waals surface area contributed by atoms with Gasteiger partial charge in [0.25, 0.3) is 0 Å². The van der Waals surface area contributed by atoms with Gasteiger partial charge in [0, 0.05) is 29.9 Å². The van der Waals surface area contributed by atoms with Gasteiger partial charge in [-0.2, -0.15) is 8.78 Å². The van der Waals surface area contributed by atoms with E-state index in [2.05, 4.69) is 4.98 Å². The summed E-state index contributed by atoms with van der Waals surface area (Å²) in [5.41, 5.74) is -1.30. The average molecular weight is 464 g/mol. The first kappa shape index (κ1) is 24.6. The summed E-state index contributed by atoms with van der Waals surface area (Å²) in [4.78, 5) is 27.1. The highest BCUT2D eigenvalue weighted by molar-refractivity contribution is 8.01. The van der Waals surface area contributed by atoms with E-state index >= 15 is 0 Å². The van der Waals surface area contributed by atoms with Gasteiger partial charge in [-0.3, -0.25) is 4.79 Å². The van der Waals surface area contributed by atoms with Crippen LogP contribution in [-0.4, -0.2) is 38.3 Å². The second kappa shape index (κ2) is 11.1. The summed E-state index contributed by atoms with van der Waals surface area (Å²) >= 11 is 2.67. The predicted octanol–water partition coefficient (Wildman–Crippen LogP) is 5.47. The van der Waals surface area contributed by atoms with E-state index in [1.165, 1.54) is 35.4 Å². The van der Waals surface area contributed by atoms with E-state index < -0.39 is 29.9 Å². The average Bonchev–Trinajstić information content (AvgIpc) is 3.28. The van der Waals surface area contributed by atoms with Gasteiger partial charge in [-0.15, -0.1) is 11.3 Å². The molecule has 1 saturated carbocycles. The summed E-state index contributed by atoms with van der Waals surface area (Å²) in [5, 5.41) is 20.6. The van der Waals surface area contributed by atoms with Crippen LogP contribution in [0.2, 0.25) is 0 Å². The molecule has 0 aromatic carbocycles. The molecule has 1 aliphatic rings. The van der Waals surface area contributed by atoms with Crippen LogP contribution >= 0.6 is 23.1 Å². The SMILES string of the molecule is C[C@@](O)(CC=C[C@H]1CCC(=O)[C@H]1CCSc1nc(C(=O)O)cs1)CCC(F)=C(F)F. The monoisotopic (exact) mass is 463 g/mol. The van der Waals surface area contributed by atoms with Gasteiger partial charge in [-0.1, -0.05) is 23.9 Å². The van der Waals surface area contributed by atoms with Crippen LogP contribution in [0.3, 0.4) is 0 Å². The standard InChI is InChI=1S/C20H24F3NO4S2/c1-20(28,9-6-14(21)17(22)23)8-2-3-12-4-5-16(25)13(12)7-10-29-19-24-15(11-30-19)18(26)27/h2-3,11-13,28H,4-10H2,1H3,(H,26,27)/t12-,13-,20+/m0/s1. The van der Waals surface area contributed by atoms with Gasteiger partial charge in [0.2, 0.25) is 0 Å². The largest absolute Gasteiger partial charge is 0.476 e. The zero-order valence-electron chi connectivity index (χ0n) is 16.4. The van der Waals surface area contributed by atoms with Crippen LogP contribution in [0.1, 0.15) is 55.9 Å². The smallest absolute Gasteiger partial charge is 0.355 e. The van der Waals surface area contributed by atoms with Gasteiger partial charge < -0.3 is 10.2 Å². The van der Waals surface area contributed by atoms with E-state index in [9.17, 15) is 27.9 Å². The molecule has 0 amide bonds. The number of carbonyl (C=O) groups is 2. The molecular formula is C20H24F3NO4S2. The van der Waals surface area contributed by atoms with E-state index in [1.807, 2.05) is 6.08 Å². The number of thiazole rings is 1. The second-order valence-electron chi connectivity index (χ2n) is 7.51. The third-order valence-electron chi connectivity index (χ3n) is 5.04. The molecule has 0 radical (unpaired) electrons. The molecule has 10 heteroatoms. The lowest BCUT2D eigenvalue weighted by atomic mass is 9.90. The molecule has 166 valence electrons. The lowest BCUT2D eigenvalue weighted by Crippen LogP contribution is -2.23. The third kappa shape index (κ3) is 7.55. The number of aromatic carboxylic acids is 1. The lowest BCUT2D eigenvalue weighted by Gasteiger charge is -2.21. The van der Waals surface area contributed by atoms with Crippen molar-refractivity contribution in [1.82, 2.24) is 4.98 Å². The van der Waals surface area contributed by atoms with Crippen LogP contribution < -0.4 is 0 Å². The molecule has 0 spiro atoms. The van der Waals surface area contributed by atoms with Gasteiger partial charge in [-0.25, -0.2) is 14.2 Å².